The van der Waals surface area contributed by atoms with Gasteiger partial charge in [-0.25, -0.2) is 4.98 Å². The number of halogens is 1. The Kier molecular flexibility index (Phi) is 4.74. The lowest BCUT2D eigenvalue weighted by atomic mass is 10.2. The van der Waals surface area contributed by atoms with Crippen molar-refractivity contribution in [2.75, 3.05) is 7.11 Å². The molecule has 0 unspecified atom stereocenters. The lowest BCUT2D eigenvalue weighted by molar-refractivity contribution is 0.407. The van der Waals surface area contributed by atoms with E-state index in [1.54, 1.807) is 18.4 Å². The van der Waals surface area contributed by atoms with Crippen molar-refractivity contribution in [2.24, 2.45) is 0 Å². The number of benzene rings is 1. The van der Waals surface area contributed by atoms with E-state index in [0.717, 1.165) is 33.9 Å². The zero-order valence-electron chi connectivity index (χ0n) is 10.4. The molecule has 1 aromatic carbocycles. The molecule has 3 nitrogen and oxygen atoms in total. The van der Waals surface area contributed by atoms with Crippen LogP contribution in [0.2, 0.25) is 0 Å². The van der Waals surface area contributed by atoms with E-state index in [0.29, 0.717) is 0 Å². The van der Waals surface area contributed by atoms with Gasteiger partial charge >= 0.3 is 0 Å². The summed E-state index contributed by atoms with van der Waals surface area (Å²) in [5, 5.41) is 4.51. The summed E-state index contributed by atoms with van der Waals surface area (Å²) in [7, 11) is 1.69. The van der Waals surface area contributed by atoms with E-state index in [-0.39, 0.29) is 0 Å². The molecule has 96 valence electrons. The third kappa shape index (κ3) is 3.54. The van der Waals surface area contributed by atoms with E-state index in [1.807, 2.05) is 25.3 Å². The summed E-state index contributed by atoms with van der Waals surface area (Å²) in [6.45, 7) is 3.63. The van der Waals surface area contributed by atoms with E-state index in [2.05, 4.69) is 32.3 Å². The van der Waals surface area contributed by atoms with Crippen molar-refractivity contribution in [1.29, 1.82) is 0 Å². The minimum Gasteiger partial charge on any atom is -0.496 e. The van der Waals surface area contributed by atoms with E-state index >= 15 is 0 Å². The Hall–Kier alpha value is -0.910. The summed E-state index contributed by atoms with van der Waals surface area (Å²) in [6.07, 6.45) is 1.92. The van der Waals surface area contributed by atoms with Crippen molar-refractivity contribution in [3.8, 4) is 5.75 Å². The maximum Gasteiger partial charge on any atom is 0.123 e. The van der Waals surface area contributed by atoms with Gasteiger partial charge in [-0.1, -0.05) is 15.9 Å². The van der Waals surface area contributed by atoms with E-state index in [1.165, 1.54) is 4.88 Å². The van der Waals surface area contributed by atoms with Crippen LogP contribution in [-0.4, -0.2) is 12.1 Å². The molecule has 0 spiro atoms. The molecule has 0 aliphatic carbocycles. The monoisotopic (exact) mass is 326 g/mol. The predicted octanol–water partition coefficient (Wildman–Crippen LogP) is 3.51. The second-order valence-corrected chi connectivity index (χ2v) is 6.14. The van der Waals surface area contributed by atoms with Crippen molar-refractivity contribution in [3.63, 3.8) is 0 Å². The number of thiazole rings is 1. The number of aryl methyl sites for hydroxylation is 1. The van der Waals surface area contributed by atoms with Crippen molar-refractivity contribution in [3.05, 3.63) is 44.3 Å². The molecule has 1 aromatic heterocycles. The molecule has 0 radical (unpaired) electrons. The van der Waals surface area contributed by atoms with E-state index in [9.17, 15) is 0 Å². The van der Waals surface area contributed by atoms with Gasteiger partial charge in [-0.05, 0) is 25.1 Å². The fourth-order valence-electron chi connectivity index (χ4n) is 1.69. The molecule has 0 amide bonds. The Morgan fingerprint density at radius 3 is 2.89 bits per heavy atom. The van der Waals surface area contributed by atoms with E-state index < -0.39 is 0 Å². The lowest BCUT2D eigenvalue weighted by Gasteiger charge is -2.09. The molecule has 1 N–H and O–H groups in total. The third-order valence-electron chi connectivity index (χ3n) is 2.53. The van der Waals surface area contributed by atoms with Gasteiger partial charge in [-0.3, -0.25) is 0 Å². The molecule has 0 fully saturated rings. The molecule has 18 heavy (non-hydrogen) atoms. The maximum atomic E-state index is 5.34. The molecule has 0 saturated heterocycles. The predicted molar refractivity (Wildman–Crippen MR) is 78.1 cm³/mol. The first-order chi connectivity index (χ1) is 8.69. The summed E-state index contributed by atoms with van der Waals surface area (Å²) in [4.78, 5) is 5.49. The Morgan fingerprint density at radius 2 is 2.22 bits per heavy atom. The molecule has 0 saturated carbocycles. The highest BCUT2D eigenvalue weighted by atomic mass is 79.9. The van der Waals surface area contributed by atoms with Gasteiger partial charge in [0.15, 0.2) is 0 Å². The van der Waals surface area contributed by atoms with Crippen LogP contribution >= 0.6 is 27.3 Å². The van der Waals surface area contributed by atoms with Crippen molar-refractivity contribution >= 4 is 27.3 Å². The van der Waals surface area contributed by atoms with Crippen LogP contribution in [0.5, 0.6) is 5.75 Å². The molecule has 2 aromatic rings. The standard InChI is InChI=1S/C13H15BrN2OS/c1-9-16-8-12(18-9)7-15-6-10-5-11(14)3-4-13(10)17-2/h3-5,8,15H,6-7H2,1-2H3. The van der Waals surface area contributed by atoms with Crippen molar-refractivity contribution in [2.45, 2.75) is 20.0 Å². The molecule has 0 aliphatic heterocycles. The number of ether oxygens (including phenoxy) is 1. The third-order valence-corrected chi connectivity index (χ3v) is 3.93. The molecule has 0 bridgehead atoms. The fraction of sp³-hybridized carbons (Fsp3) is 0.308. The zero-order valence-corrected chi connectivity index (χ0v) is 12.8. The van der Waals surface area contributed by atoms with E-state index in [4.69, 9.17) is 4.74 Å². The fourth-order valence-corrected chi connectivity index (χ4v) is 2.87. The number of aromatic nitrogens is 1. The van der Waals surface area contributed by atoms with Gasteiger partial charge in [0, 0.05) is 34.2 Å². The molecular weight excluding hydrogens is 312 g/mol. The van der Waals surface area contributed by atoms with Crippen LogP contribution in [-0.2, 0) is 13.1 Å². The summed E-state index contributed by atoms with van der Waals surface area (Å²) >= 11 is 5.20. The number of nitrogens with one attached hydrogen (secondary N) is 1. The highest BCUT2D eigenvalue weighted by Crippen LogP contribution is 2.23. The van der Waals surface area contributed by atoms with Crippen LogP contribution in [0.3, 0.4) is 0 Å². The van der Waals surface area contributed by atoms with Crippen LogP contribution in [0.1, 0.15) is 15.4 Å². The average molecular weight is 327 g/mol. The molecule has 5 heteroatoms. The van der Waals surface area contributed by atoms with Gasteiger partial charge in [0.25, 0.3) is 0 Å². The second kappa shape index (κ2) is 6.31. The highest BCUT2D eigenvalue weighted by molar-refractivity contribution is 9.10. The summed E-state index contributed by atoms with van der Waals surface area (Å²) < 4.78 is 6.40. The topological polar surface area (TPSA) is 34.1 Å². The number of nitrogens with zero attached hydrogens (tertiary/aromatic N) is 1. The van der Waals surface area contributed by atoms with Gasteiger partial charge in [-0.15, -0.1) is 11.3 Å². The van der Waals surface area contributed by atoms with Gasteiger partial charge in [0.05, 0.1) is 12.1 Å². The number of methoxy groups -OCH3 is 1. The van der Waals surface area contributed by atoms with Gasteiger partial charge < -0.3 is 10.1 Å². The van der Waals surface area contributed by atoms with Gasteiger partial charge in [0.2, 0.25) is 0 Å². The lowest BCUT2D eigenvalue weighted by Crippen LogP contribution is -2.12. The van der Waals surface area contributed by atoms with Crippen LogP contribution in [0.4, 0.5) is 0 Å². The van der Waals surface area contributed by atoms with Crippen LogP contribution in [0.25, 0.3) is 0 Å². The molecule has 1 heterocycles. The highest BCUT2D eigenvalue weighted by Gasteiger charge is 2.04. The molecular formula is C13H15BrN2OS. The molecule has 2 rings (SSSR count). The Labute approximate surface area is 119 Å². The molecule has 0 atom stereocenters. The van der Waals surface area contributed by atoms with Crippen molar-refractivity contribution in [1.82, 2.24) is 10.3 Å². The number of hydrogen-bond acceptors (Lipinski definition) is 4. The Bertz CT molecular complexity index is 527. The quantitative estimate of drug-likeness (QED) is 0.912. The van der Waals surface area contributed by atoms with Crippen LogP contribution in [0, 0.1) is 6.92 Å². The van der Waals surface area contributed by atoms with Crippen LogP contribution < -0.4 is 10.1 Å². The van der Waals surface area contributed by atoms with Gasteiger partial charge in [-0.2, -0.15) is 0 Å². The average Bonchev–Trinajstić information content (AvgIpc) is 2.75. The van der Waals surface area contributed by atoms with Gasteiger partial charge in [0.1, 0.15) is 5.75 Å². The normalized spacial score (nSPS) is 10.6. The molecule has 0 aliphatic rings. The minimum absolute atomic E-state index is 0.777. The first kappa shape index (κ1) is 13.5. The Morgan fingerprint density at radius 1 is 1.39 bits per heavy atom. The zero-order chi connectivity index (χ0) is 13.0. The van der Waals surface area contributed by atoms with Crippen molar-refractivity contribution < 1.29 is 4.74 Å². The summed E-state index contributed by atoms with van der Waals surface area (Å²) in [6, 6.07) is 6.02. The smallest absolute Gasteiger partial charge is 0.123 e. The summed E-state index contributed by atoms with van der Waals surface area (Å²) in [5.41, 5.74) is 1.15. The second-order valence-electron chi connectivity index (χ2n) is 3.91. The first-order valence-electron chi connectivity index (χ1n) is 5.63. The summed E-state index contributed by atoms with van der Waals surface area (Å²) in [5.74, 6) is 0.909. The maximum absolute atomic E-state index is 5.34. The Balaban J connectivity index is 1.95. The number of hydrogen-bond donors (Lipinski definition) is 1. The first-order valence-corrected chi connectivity index (χ1v) is 7.24. The largest absolute Gasteiger partial charge is 0.496 e. The number of rotatable bonds is 5. The minimum atomic E-state index is 0.777. The van der Waals surface area contributed by atoms with Crippen LogP contribution in [0.15, 0.2) is 28.9 Å². The SMILES string of the molecule is COc1ccc(Br)cc1CNCc1cnc(C)s1.